The van der Waals surface area contributed by atoms with E-state index in [4.69, 9.17) is 0 Å². The van der Waals surface area contributed by atoms with Gasteiger partial charge >= 0.3 is 5.97 Å². The summed E-state index contributed by atoms with van der Waals surface area (Å²) in [6, 6.07) is -8.03. The Balaban J connectivity index is 3.34. The lowest BCUT2D eigenvalue weighted by Gasteiger charge is -2.31. The first-order valence-electron chi connectivity index (χ1n) is 18.7. The number of hydrogen-bond donors (Lipinski definition) is 7. The Bertz CT molecular complexity index is 1320. The molecule has 6 amide bonds. The largest absolute Gasteiger partial charge is 0.550 e. The summed E-state index contributed by atoms with van der Waals surface area (Å²) in [6.45, 7) is 9.65. The molecule has 1 saturated carbocycles. The molecule has 1 aliphatic carbocycles. The highest BCUT2D eigenvalue weighted by molar-refractivity contribution is 5.97. The van der Waals surface area contributed by atoms with Gasteiger partial charge in [0.05, 0.1) is 0 Å². The number of aliphatic carboxylic acids is 3. The summed E-state index contributed by atoms with van der Waals surface area (Å²) in [5.41, 5.74) is 0. The predicted octanol–water partition coefficient (Wildman–Crippen LogP) is -1.86. The Kier molecular flexibility index (Phi) is 20.8. The number of amides is 6. The van der Waals surface area contributed by atoms with Crippen molar-refractivity contribution in [3.63, 3.8) is 0 Å². The van der Waals surface area contributed by atoms with Gasteiger partial charge in [-0.05, 0) is 49.9 Å². The first kappa shape index (κ1) is 47.3. The summed E-state index contributed by atoms with van der Waals surface area (Å²) in [4.78, 5) is 113. The van der Waals surface area contributed by atoms with Crippen LogP contribution in [0.3, 0.4) is 0 Å². The van der Waals surface area contributed by atoms with Gasteiger partial charge in [-0.25, -0.2) is 4.79 Å². The van der Waals surface area contributed by atoms with E-state index in [0.29, 0.717) is 6.42 Å². The van der Waals surface area contributed by atoms with Crippen molar-refractivity contribution in [1.29, 1.82) is 0 Å². The van der Waals surface area contributed by atoms with Crippen LogP contribution in [0.4, 0.5) is 0 Å². The summed E-state index contributed by atoms with van der Waals surface area (Å²) >= 11 is 0. The summed E-state index contributed by atoms with van der Waals surface area (Å²) in [5.74, 6) is -10.0. The quantitative estimate of drug-likeness (QED) is 0.0570. The first-order chi connectivity index (χ1) is 25.3. The van der Waals surface area contributed by atoms with E-state index in [9.17, 15) is 58.5 Å². The van der Waals surface area contributed by atoms with Crippen LogP contribution in [0, 0.1) is 17.8 Å². The third kappa shape index (κ3) is 17.4. The number of hydrogen-bond acceptors (Lipinski definition) is 11. The van der Waals surface area contributed by atoms with Crippen molar-refractivity contribution in [3.8, 4) is 0 Å². The SMILES string of the molecule is CC[C@H](NC(=O)[C@H](CC1CCCCC1)NC(=O)[C@@H](NC(=O)[C@H](CC(C)C)NC(=O)[C@@H](CCC(=O)[O-])NC(=O)[C@H](CC(=O)[O-])NC(C)=O)[C@H](C)CC)C(=O)O. The van der Waals surface area contributed by atoms with Gasteiger partial charge in [0.1, 0.15) is 36.3 Å². The molecular formula is C36H58N6O12-2. The maximum Gasteiger partial charge on any atom is 0.326 e. The maximum absolute atomic E-state index is 13.9. The minimum atomic E-state index is -1.68. The van der Waals surface area contributed by atoms with Crippen LogP contribution in [0.1, 0.15) is 119 Å². The molecule has 18 heteroatoms. The molecule has 0 aromatic heterocycles. The van der Waals surface area contributed by atoms with Gasteiger partial charge < -0.3 is 56.8 Å². The minimum Gasteiger partial charge on any atom is -0.550 e. The summed E-state index contributed by atoms with van der Waals surface area (Å²) in [7, 11) is 0. The number of nitrogens with one attached hydrogen (secondary N) is 6. The number of carboxylic acid groups (broad SMARTS) is 3. The van der Waals surface area contributed by atoms with Crippen LogP contribution in [0.2, 0.25) is 0 Å². The molecule has 0 bridgehead atoms. The third-order valence-corrected chi connectivity index (χ3v) is 9.42. The zero-order valence-corrected chi connectivity index (χ0v) is 32.1. The molecule has 0 spiro atoms. The molecule has 7 N–H and O–H groups in total. The fraction of sp³-hybridized carbons (Fsp3) is 0.750. The van der Waals surface area contributed by atoms with Gasteiger partial charge in [-0.1, -0.05) is 73.1 Å². The third-order valence-electron chi connectivity index (χ3n) is 9.42. The van der Waals surface area contributed by atoms with E-state index in [0.717, 1.165) is 39.0 Å². The standard InChI is InChI=1S/C36H60N6O12/c1-7-20(5)30(35(52)41-26(17-22-12-10-9-11-13-22)32(49)38-23(8-2)36(53)54)42-34(51)25(16-19(3)4)40-31(48)24(14-15-28(44)45)39-33(50)27(18-29(46)47)37-21(6)43/h19-20,22-27,30H,7-18H2,1-6H3,(H,37,43)(H,38,49)(H,39,50)(H,40,48)(H,41,52)(H,42,51)(H,44,45)(H,46,47)(H,53,54)/p-2/t20-,23+,24-,25+,26+,27+,30+/m1/s1. The van der Waals surface area contributed by atoms with Crippen LogP contribution in [0.5, 0.6) is 0 Å². The Morgan fingerprint density at radius 3 is 1.65 bits per heavy atom. The molecule has 54 heavy (non-hydrogen) atoms. The van der Waals surface area contributed by atoms with Crippen molar-refractivity contribution in [3.05, 3.63) is 0 Å². The monoisotopic (exact) mass is 766 g/mol. The lowest BCUT2D eigenvalue weighted by Crippen LogP contribution is -2.61. The van der Waals surface area contributed by atoms with Crippen LogP contribution >= 0.6 is 0 Å². The van der Waals surface area contributed by atoms with Gasteiger partial charge in [0.25, 0.3) is 0 Å². The van der Waals surface area contributed by atoms with Crippen molar-refractivity contribution in [2.75, 3.05) is 0 Å². The minimum absolute atomic E-state index is 0.0348. The summed E-state index contributed by atoms with van der Waals surface area (Å²) in [5, 5.41) is 46.8. The first-order valence-corrected chi connectivity index (χ1v) is 18.7. The van der Waals surface area contributed by atoms with Gasteiger partial charge in [0.2, 0.25) is 35.4 Å². The second-order valence-electron chi connectivity index (χ2n) is 14.5. The van der Waals surface area contributed by atoms with Gasteiger partial charge in [-0.2, -0.15) is 0 Å². The zero-order valence-electron chi connectivity index (χ0n) is 32.1. The molecule has 0 unspecified atom stereocenters. The van der Waals surface area contributed by atoms with E-state index < -0.39 is 115 Å². The van der Waals surface area contributed by atoms with Crippen LogP contribution in [-0.4, -0.2) is 94.7 Å². The smallest absolute Gasteiger partial charge is 0.326 e. The van der Waals surface area contributed by atoms with Crippen molar-refractivity contribution in [2.45, 2.75) is 155 Å². The van der Waals surface area contributed by atoms with Crippen LogP contribution in [0.25, 0.3) is 0 Å². The second kappa shape index (κ2) is 23.8. The van der Waals surface area contributed by atoms with E-state index in [1.54, 1.807) is 34.6 Å². The van der Waals surface area contributed by atoms with Gasteiger partial charge in [0.15, 0.2) is 0 Å². The van der Waals surface area contributed by atoms with Crippen LogP contribution in [0.15, 0.2) is 0 Å². The Hall–Kier alpha value is -4.77. The molecule has 1 rings (SSSR count). The van der Waals surface area contributed by atoms with Gasteiger partial charge in [-0.15, -0.1) is 0 Å². The molecule has 0 radical (unpaired) electrons. The van der Waals surface area contributed by atoms with Crippen molar-refractivity contribution in [2.24, 2.45) is 17.8 Å². The molecular weight excluding hydrogens is 708 g/mol. The molecule has 1 aliphatic rings. The topological polar surface area (TPSA) is 292 Å². The van der Waals surface area contributed by atoms with Crippen molar-refractivity contribution < 1.29 is 58.5 Å². The highest BCUT2D eigenvalue weighted by atomic mass is 16.4. The highest BCUT2D eigenvalue weighted by Crippen LogP contribution is 2.27. The molecule has 0 saturated heterocycles. The molecule has 18 nitrogen and oxygen atoms in total. The zero-order chi connectivity index (χ0) is 41.1. The Morgan fingerprint density at radius 2 is 1.15 bits per heavy atom. The van der Waals surface area contributed by atoms with E-state index in [1.807, 2.05) is 0 Å². The lowest BCUT2D eigenvalue weighted by atomic mass is 9.84. The summed E-state index contributed by atoms with van der Waals surface area (Å²) in [6.07, 6.45) is 3.32. The van der Waals surface area contributed by atoms with E-state index in [-0.39, 0.29) is 31.1 Å². The fourth-order valence-corrected chi connectivity index (χ4v) is 6.22. The van der Waals surface area contributed by atoms with E-state index in [2.05, 4.69) is 31.9 Å². The molecule has 0 heterocycles. The predicted molar refractivity (Wildman–Crippen MR) is 189 cm³/mol. The highest BCUT2D eigenvalue weighted by Gasteiger charge is 2.36. The Labute approximate surface area is 316 Å². The van der Waals surface area contributed by atoms with Gasteiger partial charge in [0, 0.05) is 25.3 Å². The maximum atomic E-state index is 13.9. The molecule has 0 aromatic carbocycles. The average Bonchev–Trinajstić information content (AvgIpc) is 3.09. The van der Waals surface area contributed by atoms with Crippen molar-refractivity contribution in [1.82, 2.24) is 31.9 Å². The average molecular weight is 767 g/mol. The number of rotatable bonds is 24. The molecule has 1 fully saturated rings. The molecule has 0 aliphatic heterocycles. The normalized spacial score (nSPS) is 16.9. The molecule has 7 atom stereocenters. The lowest BCUT2D eigenvalue weighted by molar-refractivity contribution is -0.307. The van der Waals surface area contributed by atoms with Gasteiger partial charge in [-0.3, -0.25) is 28.8 Å². The number of carbonyl (C=O) groups is 9. The van der Waals surface area contributed by atoms with Crippen molar-refractivity contribution >= 4 is 53.4 Å². The fourth-order valence-electron chi connectivity index (χ4n) is 6.22. The molecule has 306 valence electrons. The number of carbonyl (C=O) groups excluding carboxylic acids is 8. The van der Waals surface area contributed by atoms with Crippen LogP contribution in [-0.2, 0) is 43.2 Å². The van der Waals surface area contributed by atoms with E-state index >= 15 is 0 Å². The Morgan fingerprint density at radius 1 is 0.630 bits per heavy atom. The second-order valence-corrected chi connectivity index (χ2v) is 14.5. The molecule has 0 aromatic rings. The summed E-state index contributed by atoms with van der Waals surface area (Å²) < 4.78 is 0. The number of carboxylic acids is 3. The van der Waals surface area contributed by atoms with E-state index in [1.165, 1.54) is 0 Å². The van der Waals surface area contributed by atoms with Crippen LogP contribution < -0.4 is 42.1 Å².